The summed E-state index contributed by atoms with van der Waals surface area (Å²) in [5, 5.41) is 3.79. The molecule has 2 heteroatoms. The summed E-state index contributed by atoms with van der Waals surface area (Å²) in [5.41, 5.74) is 0.816. The van der Waals surface area contributed by atoms with Crippen molar-refractivity contribution in [1.29, 1.82) is 0 Å². The number of nitrogens with one attached hydrogen (secondary N) is 1. The lowest BCUT2D eigenvalue weighted by molar-refractivity contribution is 0.153. The molecule has 16 heavy (non-hydrogen) atoms. The van der Waals surface area contributed by atoms with Crippen LogP contribution >= 0.6 is 0 Å². The van der Waals surface area contributed by atoms with Crippen LogP contribution in [-0.2, 0) is 0 Å². The van der Waals surface area contributed by atoms with Crippen molar-refractivity contribution < 1.29 is 0 Å². The van der Waals surface area contributed by atoms with E-state index in [4.69, 9.17) is 0 Å². The first-order chi connectivity index (χ1) is 7.39. The van der Waals surface area contributed by atoms with Gasteiger partial charge in [-0.1, -0.05) is 20.8 Å². The molecule has 1 heterocycles. The zero-order valence-electron chi connectivity index (χ0n) is 11.5. The third-order valence-corrected chi connectivity index (χ3v) is 3.91. The molecular formula is C14H28N2. The fourth-order valence-corrected chi connectivity index (χ4v) is 3.08. The zero-order valence-corrected chi connectivity index (χ0v) is 11.5. The summed E-state index contributed by atoms with van der Waals surface area (Å²) in [7, 11) is 0. The van der Waals surface area contributed by atoms with Gasteiger partial charge in [-0.2, -0.15) is 0 Å². The Balaban J connectivity index is 1.97. The van der Waals surface area contributed by atoms with E-state index in [2.05, 4.69) is 37.9 Å². The van der Waals surface area contributed by atoms with Crippen LogP contribution in [0.1, 0.15) is 47.0 Å². The van der Waals surface area contributed by atoms with Crippen LogP contribution in [0.3, 0.4) is 0 Å². The van der Waals surface area contributed by atoms with Crippen molar-refractivity contribution in [3.05, 3.63) is 0 Å². The molecular weight excluding hydrogens is 196 g/mol. The van der Waals surface area contributed by atoms with E-state index < -0.39 is 0 Å². The molecule has 0 aromatic heterocycles. The molecule has 2 rings (SSSR count). The van der Waals surface area contributed by atoms with Gasteiger partial charge in [-0.15, -0.1) is 0 Å². The van der Waals surface area contributed by atoms with Gasteiger partial charge in [-0.25, -0.2) is 0 Å². The minimum Gasteiger partial charge on any atom is -0.310 e. The predicted molar refractivity (Wildman–Crippen MR) is 69.6 cm³/mol. The highest BCUT2D eigenvalue weighted by atomic mass is 15.2. The van der Waals surface area contributed by atoms with Gasteiger partial charge >= 0.3 is 0 Å². The molecule has 1 saturated carbocycles. The second-order valence-corrected chi connectivity index (χ2v) is 7.24. The van der Waals surface area contributed by atoms with E-state index in [0.717, 1.165) is 5.92 Å². The minimum absolute atomic E-state index is 0.391. The van der Waals surface area contributed by atoms with Gasteiger partial charge in [0.25, 0.3) is 0 Å². The Bertz CT molecular complexity index is 240. The molecule has 1 saturated heterocycles. The molecule has 1 aliphatic carbocycles. The van der Waals surface area contributed by atoms with Crippen molar-refractivity contribution in [1.82, 2.24) is 10.2 Å². The van der Waals surface area contributed by atoms with Crippen LogP contribution < -0.4 is 5.32 Å². The molecule has 1 N–H and O–H groups in total. The van der Waals surface area contributed by atoms with Crippen LogP contribution in [-0.4, -0.2) is 36.6 Å². The SMILES string of the molecule is CC(C)(C)CN1CCCNC(C)(C2CC2)C1. The van der Waals surface area contributed by atoms with Crippen LogP contribution in [0.2, 0.25) is 0 Å². The Kier molecular flexibility index (Phi) is 3.33. The Morgan fingerprint density at radius 3 is 2.56 bits per heavy atom. The number of hydrogen-bond donors (Lipinski definition) is 1. The third-order valence-electron chi connectivity index (χ3n) is 3.91. The van der Waals surface area contributed by atoms with Crippen LogP contribution in [0, 0.1) is 11.3 Å². The molecule has 94 valence electrons. The molecule has 0 spiro atoms. The van der Waals surface area contributed by atoms with Crippen LogP contribution in [0.4, 0.5) is 0 Å². The van der Waals surface area contributed by atoms with Crippen molar-refractivity contribution in [2.75, 3.05) is 26.2 Å². The average Bonchev–Trinajstić information content (AvgIpc) is 2.89. The normalized spacial score (nSPS) is 33.8. The molecule has 2 aliphatic rings. The first-order valence-corrected chi connectivity index (χ1v) is 6.86. The van der Waals surface area contributed by atoms with Crippen molar-refractivity contribution in [3.63, 3.8) is 0 Å². The second-order valence-electron chi connectivity index (χ2n) is 7.24. The fraction of sp³-hybridized carbons (Fsp3) is 1.00. The van der Waals surface area contributed by atoms with Crippen molar-refractivity contribution in [2.45, 2.75) is 52.5 Å². The third kappa shape index (κ3) is 3.21. The summed E-state index contributed by atoms with van der Waals surface area (Å²) in [6.07, 6.45) is 4.18. The van der Waals surface area contributed by atoms with E-state index in [1.54, 1.807) is 0 Å². The predicted octanol–water partition coefficient (Wildman–Crippen LogP) is 2.50. The standard InChI is InChI=1S/C14H28N2/c1-13(2,3)10-16-9-5-8-15-14(4,11-16)12-6-7-12/h12,15H,5-11H2,1-4H3. The van der Waals surface area contributed by atoms with E-state index in [1.165, 1.54) is 45.4 Å². The van der Waals surface area contributed by atoms with Crippen molar-refractivity contribution in [3.8, 4) is 0 Å². The molecule has 2 nitrogen and oxygen atoms in total. The Morgan fingerprint density at radius 1 is 1.31 bits per heavy atom. The van der Waals surface area contributed by atoms with Crippen LogP contribution in [0.15, 0.2) is 0 Å². The first-order valence-electron chi connectivity index (χ1n) is 6.86. The van der Waals surface area contributed by atoms with Gasteiger partial charge in [-0.3, -0.25) is 0 Å². The molecule has 1 unspecified atom stereocenters. The molecule has 0 aromatic rings. The number of nitrogens with zero attached hydrogens (tertiary/aromatic N) is 1. The lowest BCUT2D eigenvalue weighted by Crippen LogP contribution is -2.51. The molecule has 0 amide bonds. The maximum atomic E-state index is 3.79. The van der Waals surface area contributed by atoms with Crippen LogP contribution in [0.5, 0.6) is 0 Å². The topological polar surface area (TPSA) is 15.3 Å². The van der Waals surface area contributed by atoms with Gasteiger partial charge in [0, 0.05) is 18.6 Å². The van der Waals surface area contributed by atoms with E-state index in [0.29, 0.717) is 11.0 Å². The highest BCUT2D eigenvalue weighted by molar-refractivity contribution is 5.01. The monoisotopic (exact) mass is 224 g/mol. The molecule has 2 fully saturated rings. The molecule has 1 atom stereocenters. The molecule has 0 bridgehead atoms. The highest BCUT2D eigenvalue weighted by Crippen LogP contribution is 2.40. The summed E-state index contributed by atoms with van der Waals surface area (Å²) in [5.74, 6) is 0.938. The van der Waals surface area contributed by atoms with E-state index >= 15 is 0 Å². The fourth-order valence-electron chi connectivity index (χ4n) is 3.08. The quantitative estimate of drug-likeness (QED) is 0.775. The number of rotatable bonds is 2. The zero-order chi connectivity index (χ0) is 11.8. The molecule has 1 aliphatic heterocycles. The lowest BCUT2D eigenvalue weighted by atomic mass is 9.92. The summed E-state index contributed by atoms with van der Waals surface area (Å²) in [6, 6.07) is 0. The summed E-state index contributed by atoms with van der Waals surface area (Å²) < 4.78 is 0. The Morgan fingerprint density at radius 2 is 2.00 bits per heavy atom. The maximum Gasteiger partial charge on any atom is 0.0308 e. The van der Waals surface area contributed by atoms with Gasteiger partial charge in [0.15, 0.2) is 0 Å². The average molecular weight is 224 g/mol. The van der Waals surface area contributed by atoms with Gasteiger partial charge < -0.3 is 10.2 Å². The summed E-state index contributed by atoms with van der Waals surface area (Å²) >= 11 is 0. The Hall–Kier alpha value is -0.0800. The van der Waals surface area contributed by atoms with E-state index in [-0.39, 0.29) is 0 Å². The Labute approximate surface area is 101 Å². The first kappa shape index (κ1) is 12.4. The minimum atomic E-state index is 0.391. The van der Waals surface area contributed by atoms with Gasteiger partial charge in [0.2, 0.25) is 0 Å². The molecule has 0 radical (unpaired) electrons. The summed E-state index contributed by atoms with van der Waals surface area (Å²) in [4.78, 5) is 2.68. The van der Waals surface area contributed by atoms with Gasteiger partial charge in [0.1, 0.15) is 0 Å². The second kappa shape index (κ2) is 4.30. The maximum absolute atomic E-state index is 3.79. The van der Waals surface area contributed by atoms with E-state index in [1.807, 2.05) is 0 Å². The van der Waals surface area contributed by atoms with Crippen LogP contribution in [0.25, 0.3) is 0 Å². The smallest absolute Gasteiger partial charge is 0.0308 e. The van der Waals surface area contributed by atoms with Crippen molar-refractivity contribution in [2.24, 2.45) is 11.3 Å². The van der Waals surface area contributed by atoms with Gasteiger partial charge in [0.05, 0.1) is 0 Å². The highest BCUT2D eigenvalue weighted by Gasteiger charge is 2.43. The molecule has 0 aromatic carbocycles. The summed E-state index contributed by atoms with van der Waals surface area (Å²) in [6.45, 7) is 14.4. The lowest BCUT2D eigenvalue weighted by Gasteiger charge is -2.36. The number of hydrogen-bond acceptors (Lipinski definition) is 2. The van der Waals surface area contributed by atoms with E-state index in [9.17, 15) is 0 Å². The van der Waals surface area contributed by atoms with Gasteiger partial charge in [-0.05, 0) is 50.6 Å². The largest absolute Gasteiger partial charge is 0.310 e. The van der Waals surface area contributed by atoms with Crippen molar-refractivity contribution >= 4 is 0 Å².